The summed E-state index contributed by atoms with van der Waals surface area (Å²) in [5, 5.41) is 8.78. The van der Waals surface area contributed by atoms with Crippen LogP contribution >= 0.6 is 0 Å². The Bertz CT molecular complexity index is 1160. The van der Waals surface area contributed by atoms with E-state index in [1.165, 1.54) is 0 Å². The SMILES string of the molecule is O=C(NCc1ccccc1)NC1(C(=O)Nc2cccc(C#Cc3ccccn3)c2)CCCC1. The normalized spacial score (nSPS) is 13.9. The molecule has 4 rings (SSSR count). The van der Waals surface area contributed by atoms with Crippen LogP contribution in [-0.4, -0.2) is 22.5 Å². The predicted molar refractivity (Wildman–Crippen MR) is 128 cm³/mol. The molecule has 6 heteroatoms. The maximum Gasteiger partial charge on any atom is 0.315 e. The Morgan fingerprint density at radius 3 is 2.45 bits per heavy atom. The molecule has 0 radical (unpaired) electrons. The molecule has 0 spiro atoms. The van der Waals surface area contributed by atoms with Gasteiger partial charge in [-0.2, -0.15) is 0 Å². The lowest BCUT2D eigenvalue weighted by Crippen LogP contribution is -2.57. The van der Waals surface area contributed by atoms with E-state index in [0.29, 0.717) is 30.8 Å². The van der Waals surface area contributed by atoms with Crippen molar-refractivity contribution < 1.29 is 9.59 Å². The van der Waals surface area contributed by atoms with Crippen molar-refractivity contribution in [2.24, 2.45) is 0 Å². The molecule has 0 atom stereocenters. The summed E-state index contributed by atoms with van der Waals surface area (Å²) in [5.74, 6) is 5.89. The Hall–Kier alpha value is -4.11. The zero-order valence-electron chi connectivity index (χ0n) is 18.3. The number of hydrogen-bond acceptors (Lipinski definition) is 3. The average Bonchev–Trinajstić information content (AvgIpc) is 3.33. The van der Waals surface area contributed by atoms with E-state index in [2.05, 4.69) is 32.8 Å². The van der Waals surface area contributed by atoms with Gasteiger partial charge in [-0.15, -0.1) is 0 Å². The van der Waals surface area contributed by atoms with Crippen LogP contribution in [0, 0.1) is 11.8 Å². The van der Waals surface area contributed by atoms with Crippen molar-refractivity contribution in [3.05, 3.63) is 95.8 Å². The zero-order valence-corrected chi connectivity index (χ0v) is 18.3. The molecule has 2 aromatic carbocycles. The molecule has 1 fully saturated rings. The monoisotopic (exact) mass is 438 g/mol. The summed E-state index contributed by atoms with van der Waals surface area (Å²) in [4.78, 5) is 30.0. The number of carbonyl (C=O) groups is 2. The Labute approximate surface area is 193 Å². The number of hydrogen-bond donors (Lipinski definition) is 3. The number of rotatable bonds is 5. The Balaban J connectivity index is 1.41. The fourth-order valence-electron chi connectivity index (χ4n) is 3.93. The number of carbonyl (C=O) groups excluding carboxylic acids is 2. The Kier molecular flexibility index (Phi) is 7.01. The minimum atomic E-state index is -0.920. The molecule has 6 nitrogen and oxygen atoms in total. The summed E-state index contributed by atoms with van der Waals surface area (Å²) < 4.78 is 0. The number of benzene rings is 2. The highest BCUT2D eigenvalue weighted by Crippen LogP contribution is 2.31. The smallest absolute Gasteiger partial charge is 0.315 e. The van der Waals surface area contributed by atoms with Gasteiger partial charge in [0.15, 0.2) is 0 Å². The van der Waals surface area contributed by atoms with Crippen molar-refractivity contribution in [3.63, 3.8) is 0 Å². The summed E-state index contributed by atoms with van der Waals surface area (Å²) in [6.07, 6.45) is 4.70. The van der Waals surface area contributed by atoms with Crippen molar-refractivity contribution in [1.29, 1.82) is 0 Å². The highest BCUT2D eigenvalue weighted by molar-refractivity contribution is 6.00. The molecule has 0 saturated heterocycles. The molecule has 1 heterocycles. The summed E-state index contributed by atoms with van der Waals surface area (Å²) in [6.45, 7) is 0.404. The highest BCUT2D eigenvalue weighted by Gasteiger charge is 2.42. The number of pyridine rings is 1. The maximum absolute atomic E-state index is 13.2. The fourth-order valence-corrected chi connectivity index (χ4v) is 3.93. The standard InChI is InChI=1S/C27H26N4O2/c32-25(30-24-13-8-11-21(19-24)14-15-23-12-4-7-18-28-23)27(16-5-6-17-27)31-26(33)29-20-22-9-2-1-3-10-22/h1-4,7-13,18-19H,5-6,16-17,20H2,(H,30,32)(H2,29,31,33). The third kappa shape index (κ3) is 5.98. The quantitative estimate of drug-likeness (QED) is 0.521. The molecular formula is C27H26N4O2. The van der Waals surface area contributed by atoms with Crippen LogP contribution in [0.15, 0.2) is 79.0 Å². The van der Waals surface area contributed by atoms with Gasteiger partial charge < -0.3 is 16.0 Å². The van der Waals surface area contributed by atoms with Crippen molar-refractivity contribution in [1.82, 2.24) is 15.6 Å². The minimum absolute atomic E-state index is 0.204. The lowest BCUT2D eigenvalue weighted by atomic mass is 9.96. The van der Waals surface area contributed by atoms with Crippen LogP contribution < -0.4 is 16.0 Å². The number of anilines is 1. The highest BCUT2D eigenvalue weighted by atomic mass is 16.2. The topological polar surface area (TPSA) is 83.1 Å². The Morgan fingerprint density at radius 1 is 0.909 bits per heavy atom. The van der Waals surface area contributed by atoms with Gasteiger partial charge in [-0.1, -0.05) is 61.2 Å². The average molecular weight is 439 g/mol. The first-order chi connectivity index (χ1) is 16.1. The number of nitrogens with zero attached hydrogens (tertiary/aromatic N) is 1. The summed E-state index contributed by atoms with van der Waals surface area (Å²) >= 11 is 0. The summed E-state index contributed by atoms with van der Waals surface area (Å²) in [7, 11) is 0. The molecular weight excluding hydrogens is 412 g/mol. The molecule has 33 heavy (non-hydrogen) atoms. The first kappa shape index (κ1) is 22.1. The van der Waals surface area contributed by atoms with Gasteiger partial charge in [0.25, 0.3) is 0 Å². The van der Waals surface area contributed by atoms with Gasteiger partial charge in [-0.3, -0.25) is 4.79 Å². The largest absolute Gasteiger partial charge is 0.334 e. The predicted octanol–water partition coefficient (Wildman–Crippen LogP) is 4.23. The number of nitrogens with one attached hydrogen (secondary N) is 3. The fraction of sp³-hybridized carbons (Fsp3) is 0.222. The van der Waals surface area contributed by atoms with E-state index >= 15 is 0 Å². The van der Waals surface area contributed by atoms with Crippen LogP contribution in [0.4, 0.5) is 10.5 Å². The zero-order chi connectivity index (χ0) is 22.9. The molecule has 0 aliphatic heterocycles. The lowest BCUT2D eigenvalue weighted by Gasteiger charge is -2.29. The van der Waals surface area contributed by atoms with E-state index in [0.717, 1.165) is 24.0 Å². The Morgan fingerprint density at radius 2 is 1.70 bits per heavy atom. The number of urea groups is 1. The van der Waals surface area contributed by atoms with Gasteiger partial charge in [0, 0.05) is 24.0 Å². The molecule has 1 saturated carbocycles. The second kappa shape index (κ2) is 10.5. The van der Waals surface area contributed by atoms with Gasteiger partial charge >= 0.3 is 6.03 Å². The molecule has 3 aromatic rings. The molecule has 3 N–H and O–H groups in total. The van der Waals surface area contributed by atoms with Crippen LogP contribution in [0.3, 0.4) is 0 Å². The van der Waals surface area contributed by atoms with E-state index in [1.54, 1.807) is 6.20 Å². The van der Waals surface area contributed by atoms with Gasteiger partial charge in [0.05, 0.1) is 0 Å². The van der Waals surface area contributed by atoms with Crippen molar-refractivity contribution in [3.8, 4) is 11.8 Å². The first-order valence-corrected chi connectivity index (χ1v) is 11.1. The maximum atomic E-state index is 13.2. The van der Waals surface area contributed by atoms with E-state index in [9.17, 15) is 9.59 Å². The first-order valence-electron chi connectivity index (χ1n) is 11.1. The molecule has 1 aromatic heterocycles. The van der Waals surface area contributed by atoms with Crippen LogP contribution in [0.5, 0.6) is 0 Å². The van der Waals surface area contributed by atoms with Crippen LogP contribution in [0.1, 0.15) is 42.5 Å². The molecule has 0 bridgehead atoms. The van der Waals surface area contributed by atoms with Gasteiger partial charge in [0.1, 0.15) is 11.2 Å². The van der Waals surface area contributed by atoms with Gasteiger partial charge in [0.2, 0.25) is 5.91 Å². The van der Waals surface area contributed by atoms with E-state index in [1.807, 2.05) is 72.8 Å². The molecule has 166 valence electrons. The van der Waals surface area contributed by atoms with Crippen LogP contribution in [0.25, 0.3) is 0 Å². The van der Waals surface area contributed by atoms with Crippen LogP contribution in [0.2, 0.25) is 0 Å². The lowest BCUT2D eigenvalue weighted by molar-refractivity contribution is -0.121. The molecule has 3 amide bonds. The summed E-state index contributed by atoms with van der Waals surface area (Å²) in [5.41, 5.74) is 2.18. The van der Waals surface area contributed by atoms with Crippen molar-refractivity contribution >= 4 is 17.6 Å². The van der Waals surface area contributed by atoms with E-state index in [4.69, 9.17) is 0 Å². The molecule has 1 aliphatic carbocycles. The molecule has 0 unspecified atom stereocenters. The second-order valence-electron chi connectivity index (χ2n) is 8.08. The summed E-state index contributed by atoms with van der Waals surface area (Å²) in [6, 6.07) is 22.3. The number of aromatic nitrogens is 1. The van der Waals surface area contributed by atoms with E-state index < -0.39 is 5.54 Å². The minimum Gasteiger partial charge on any atom is -0.334 e. The van der Waals surface area contributed by atoms with Crippen molar-refractivity contribution in [2.75, 3.05) is 5.32 Å². The van der Waals surface area contributed by atoms with Crippen molar-refractivity contribution in [2.45, 2.75) is 37.8 Å². The third-order valence-corrected chi connectivity index (χ3v) is 5.66. The van der Waals surface area contributed by atoms with Crippen LogP contribution in [-0.2, 0) is 11.3 Å². The number of amides is 3. The van der Waals surface area contributed by atoms with Gasteiger partial charge in [-0.25, -0.2) is 9.78 Å². The van der Waals surface area contributed by atoms with Gasteiger partial charge in [-0.05, 0) is 54.7 Å². The molecule has 1 aliphatic rings. The van der Waals surface area contributed by atoms with E-state index in [-0.39, 0.29) is 11.9 Å². The third-order valence-electron chi connectivity index (χ3n) is 5.66. The second-order valence-corrected chi connectivity index (χ2v) is 8.08.